The molecule has 0 aromatic heterocycles. The van der Waals surface area contributed by atoms with Crippen molar-refractivity contribution < 1.29 is 26.4 Å². The van der Waals surface area contributed by atoms with E-state index in [-0.39, 0.29) is 0 Å². The molecule has 0 radical (unpaired) electrons. The van der Waals surface area contributed by atoms with Crippen LogP contribution in [0.2, 0.25) is 0 Å². The van der Waals surface area contributed by atoms with Gasteiger partial charge in [-0.1, -0.05) is 86.8 Å². The molecule has 0 N–H and O–H groups in total. The van der Waals surface area contributed by atoms with Gasteiger partial charge in [-0.25, -0.2) is 8.78 Å². The third kappa shape index (κ3) is 5.89. The van der Waals surface area contributed by atoms with E-state index < -0.39 is 27.5 Å². The quantitative estimate of drug-likeness (QED) is 0.283. The average molecular weight is 415 g/mol. The first kappa shape index (κ1) is 22.6. The van der Waals surface area contributed by atoms with Gasteiger partial charge in [0.15, 0.2) is 0 Å². The predicted molar refractivity (Wildman–Crippen MR) is 105 cm³/mol. The maximum absolute atomic E-state index is 13.7. The van der Waals surface area contributed by atoms with Crippen molar-refractivity contribution in [3.63, 3.8) is 0 Å². The van der Waals surface area contributed by atoms with E-state index in [9.17, 15) is 17.6 Å². The van der Waals surface area contributed by atoms with Crippen LogP contribution in [0.25, 0.3) is 0 Å². The van der Waals surface area contributed by atoms with Gasteiger partial charge in [0, 0.05) is 6.61 Å². The molecule has 0 aliphatic heterocycles. The molecule has 7 heteroatoms. The first-order valence-electron chi connectivity index (χ1n) is 9.47. The van der Waals surface area contributed by atoms with Crippen LogP contribution >= 0.6 is 0 Å². The summed E-state index contributed by atoms with van der Waals surface area (Å²) in [6.45, 7) is 1.01. The average Bonchev–Trinajstić information content (AvgIpc) is 2.71. The number of benzene rings is 2. The number of hydrogen-bond acceptors (Lipinski definition) is 2. The van der Waals surface area contributed by atoms with E-state index in [1.807, 2.05) is 0 Å². The lowest BCUT2D eigenvalue weighted by molar-refractivity contribution is -0.151. The Labute approximate surface area is 164 Å². The van der Waals surface area contributed by atoms with E-state index in [4.69, 9.17) is 8.85 Å². The first-order valence-corrected chi connectivity index (χ1v) is 11.3. The van der Waals surface area contributed by atoms with E-state index in [1.54, 1.807) is 60.7 Å². The summed E-state index contributed by atoms with van der Waals surface area (Å²) < 4.78 is 64.6. The third-order valence-corrected chi connectivity index (χ3v) is 7.75. The molecule has 0 fully saturated rings. The van der Waals surface area contributed by atoms with Gasteiger partial charge in [-0.05, 0) is 16.8 Å². The molecule has 2 rings (SSSR count). The molecule has 0 unspecified atom stereocenters. The summed E-state index contributed by atoms with van der Waals surface area (Å²) in [5.41, 5.74) is 0. The normalized spacial score (nSPS) is 12.5. The highest BCUT2D eigenvalue weighted by Crippen LogP contribution is 2.25. The zero-order valence-corrected chi connectivity index (χ0v) is 16.9. The van der Waals surface area contributed by atoms with Crippen molar-refractivity contribution in [1.29, 1.82) is 0 Å². The lowest BCUT2D eigenvalue weighted by atomic mass is 10.2. The van der Waals surface area contributed by atoms with Crippen LogP contribution in [0.4, 0.5) is 17.6 Å². The Balaban J connectivity index is 2.37. The van der Waals surface area contributed by atoms with Crippen LogP contribution in [0.3, 0.4) is 0 Å². The highest BCUT2D eigenvalue weighted by Gasteiger charge is 2.48. The van der Waals surface area contributed by atoms with Crippen LogP contribution in [-0.2, 0) is 8.85 Å². The predicted octanol–water partition coefficient (Wildman–Crippen LogP) is 4.76. The molecule has 0 bridgehead atoms. The van der Waals surface area contributed by atoms with E-state index in [1.165, 1.54) is 0 Å². The van der Waals surface area contributed by atoms with Crippen LogP contribution in [0, 0.1) is 0 Å². The van der Waals surface area contributed by atoms with Crippen LogP contribution in [0.5, 0.6) is 0 Å². The highest BCUT2D eigenvalue weighted by atomic mass is 28.4. The second-order valence-corrected chi connectivity index (χ2v) is 9.57. The summed E-state index contributed by atoms with van der Waals surface area (Å²) in [4.78, 5) is 0. The Bertz CT molecular complexity index is 644. The molecule has 0 heterocycles. The molecule has 0 saturated carbocycles. The molecule has 0 saturated heterocycles. The lowest BCUT2D eigenvalue weighted by Gasteiger charge is -2.33. The van der Waals surface area contributed by atoms with Gasteiger partial charge in [-0.2, -0.15) is 8.78 Å². The van der Waals surface area contributed by atoms with Crippen molar-refractivity contribution >= 4 is 18.9 Å². The number of unbranched alkanes of at least 4 members (excludes halogenated alkanes) is 3. The maximum atomic E-state index is 13.7. The molecule has 0 spiro atoms. The highest BCUT2D eigenvalue weighted by molar-refractivity contribution is 6.92. The fraction of sp³-hybridized carbons (Fsp3) is 0.429. The second kappa shape index (κ2) is 10.7. The smallest absolute Gasteiger partial charge is 0.388 e. The van der Waals surface area contributed by atoms with E-state index in [0.717, 1.165) is 25.7 Å². The minimum atomic E-state index is -4.24. The van der Waals surface area contributed by atoms with Gasteiger partial charge in [0.1, 0.15) is 6.61 Å². The molecule has 0 aliphatic rings. The lowest BCUT2D eigenvalue weighted by Crippen LogP contribution is -2.64. The minimum absolute atomic E-state index is 0.316. The van der Waals surface area contributed by atoms with Crippen LogP contribution in [0.1, 0.15) is 32.6 Å². The number of alkyl halides is 4. The Kier molecular flexibility index (Phi) is 8.66. The third-order valence-electron chi connectivity index (χ3n) is 4.40. The summed E-state index contributed by atoms with van der Waals surface area (Å²) in [5, 5.41) is 1.23. The van der Waals surface area contributed by atoms with Crippen molar-refractivity contribution in [3.8, 4) is 0 Å². The summed E-state index contributed by atoms with van der Waals surface area (Å²) in [5.74, 6) is -4.24. The van der Waals surface area contributed by atoms with Gasteiger partial charge in [-0.15, -0.1) is 0 Å². The SMILES string of the molecule is CCCCCCO[Si](OCC(F)(F)C(F)F)(c1ccccc1)c1ccccc1. The fourth-order valence-electron chi connectivity index (χ4n) is 2.86. The van der Waals surface area contributed by atoms with Crippen LogP contribution in [0.15, 0.2) is 60.7 Å². The fourth-order valence-corrected chi connectivity index (χ4v) is 6.04. The monoisotopic (exact) mass is 414 g/mol. The number of hydrogen-bond donors (Lipinski definition) is 0. The van der Waals surface area contributed by atoms with Crippen molar-refractivity contribution in [1.82, 2.24) is 0 Å². The minimum Gasteiger partial charge on any atom is -0.388 e. The first-order chi connectivity index (χ1) is 13.4. The zero-order chi connectivity index (χ0) is 20.5. The maximum Gasteiger partial charge on any atom is 0.407 e. The molecule has 0 aliphatic carbocycles. The van der Waals surface area contributed by atoms with Crippen LogP contribution < -0.4 is 10.4 Å². The van der Waals surface area contributed by atoms with E-state index >= 15 is 0 Å². The Hall–Kier alpha value is -1.70. The topological polar surface area (TPSA) is 18.5 Å². The molecule has 28 heavy (non-hydrogen) atoms. The van der Waals surface area contributed by atoms with Gasteiger partial charge in [0.2, 0.25) is 0 Å². The van der Waals surface area contributed by atoms with Crippen molar-refractivity contribution in [2.45, 2.75) is 45.0 Å². The van der Waals surface area contributed by atoms with Crippen molar-refractivity contribution in [2.75, 3.05) is 13.2 Å². The summed E-state index contributed by atoms with van der Waals surface area (Å²) in [6.07, 6.45) is -0.0137. The van der Waals surface area contributed by atoms with Crippen molar-refractivity contribution in [3.05, 3.63) is 60.7 Å². The Morgan fingerprint density at radius 3 is 1.82 bits per heavy atom. The van der Waals surface area contributed by atoms with Gasteiger partial charge in [-0.3, -0.25) is 0 Å². The summed E-state index contributed by atoms with van der Waals surface area (Å²) in [6, 6.07) is 17.6. The standard InChI is InChI=1S/C21H26F4O2Si/c1-2-3-4-11-16-26-28(18-12-7-5-8-13-18,19-14-9-6-10-15-19)27-17-21(24,25)20(22)23/h5-10,12-15,20H,2-4,11,16-17H2,1H3. The number of halogens is 4. The summed E-state index contributed by atoms with van der Waals surface area (Å²) >= 11 is 0. The van der Waals surface area contributed by atoms with E-state index in [2.05, 4.69) is 6.92 Å². The molecule has 154 valence electrons. The number of rotatable bonds is 12. The van der Waals surface area contributed by atoms with Gasteiger partial charge >= 0.3 is 20.9 Å². The van der Waals surface area contributed by atoms with Crippen molar-refractivity contribution in [2.24, 2.45) is 0 Å². The molecular weight excluding hydrogens is 388 g/mol. The Morgan fingerprint density at radius 1 is 0.821 bits per heavy atom. The van der Waals surface area contributed by atoms with Gasteiger partial charge < -0.3 is 8.85 Å². The van der Waals surface area contributed by atoms with E-state index in [0.29, 0.717) is 17.0 Å². The molecular formula is C21H26F4O2Si. The Morgan fingerprint density at radius 2 is 1.36 bits per heavy atom. The molecule has 2 aromatic rings. The zero-order valence-electron chi connectivity index (χ0n) is 15.9. The molecule has 2 aromatic carbocycles. The summed E-state index contributed by atoms with van der Waals surface area (Å²) in [7, 11) is -3.58. The molecule has 0 atom stereocenters. The molecule has 0 amide bonds. The van der Waals surface area contributed by atoms with Gasteiger partial charge in [0.25, 0.3) is 0 Å². The second-order valence-electron chi connectivity index (χ2n) is 6.61. The molecule has 2 nitrogen and oxygen atoms in total. The van der Waals surface area contributed by atoms with Crippen LogP contribution in [-0.4, -0.2) is 34.1 Å². The largest absolute Gasteiger partial charge is 0.407 e. The van der Waals surface area contributed by atoms with Gasteiger partial charge in [0.05, 0.1) is 0 Å².